The third-order valence-electron chi connectivity index (χ3n) is 7.45. The summed E-state index contributed by atoms with van der Waals surface area (Å²) in [5.74, 6) is 2.08. The van der Waals surface area contributed by atoms with Gasteiger partial charge in [0.15, 0.2) is 5.56 Å². The number of ether oxygens (including phenoxy) is 1. The van der Waals surface area contributed by atoms with Crippen molar-refractivity contribution in [3.05, 3.63) is 0 Å². The summed E-state index contributed by atoms with van der Waals surface area (Å²) in [6, 6.07) is 0.884. The minimum atomic E-state index is -2.64. The second-order valence-electron chi connectivity index (χ2n) is 9.57. The Balaban J connectivity index is 2.14. The van der Waals surface area contributed by atoms with Crippen LogP contribution >= 0.6 is 11.6 Å². The number of esters is 1. The van der Waals surface area contributed by atoms with Crippen molar-refractivity contribution in [2.75, 3.05) is 19.8 Å². The predicted octanol–water partition coefficient (Wildman–Crippen LogP) is 6.95. The van der Waals surface area contributed by atoms with Crippen LogP contribution in [0.2, 0.25) is 6.04 Å². The maximum atomic E-state index is 11.5. The van der Waals surface area contributed by atoms with Crippen molar-refractivity contribution in [2.45, 2.75) is 110 Å². The van der Waals surface area contributed by atoms with Crippen molar-refractivity contribution < 1.29 is 22.8 Å². The summed E-state index contributed by atoms with van der Waals surface area (Å²) in [4.78, 5) is 11.5. The maximum Gasteiger partial charge on any atom is 0.500 e. The lowest BCUT2D eigenvalue weighted by atomic mass is 9.74. The Morgan fingerprint density at radius 2 is 1.44 bits per heavy atom. The van der Waals surface area contributed by atoms with E-state index in [0.717, 1.165) is 37.6 Å². The average molecular weight is 491 g/mol. The molecule has 2 aliphatic carbocycles. The molecule has 5 nitrogen and oxygen atoms in total. The van der Waals surface area contributed by atoms with Crippen molar-refractivity contribution in [2.24, 2.45) is 23.7 Å². The molecular formula is C25H47ClO5Si. The van der Waals surface area contributed by atoms with Crippen LogP contribution in [-0.4, -0.2) is 40.2 Å². The molecule has 2 fully saturated rings. The Bertz CT molecular complexity index is 509. The molecule has 0 bridgehead atoms. The van der Waals surface area contributed by atoms with Crippen molar-refractivity contribution in [1.82, 2.24) is 0 Å². The lowest BCUT2D eigenvalue weighted by Crippen LogP contribution is -2.46. The van der Waals surface area contributed by atoms with Gasteiger partial charge in [-0.15, -0.1) is 0 Å². The molecule has 0 spiro atoms. The van der Waals surface area contributed by atoms with Gasteiger partial charge >= 0.3 is 14.8 Å². The van der Waals surface area contributed by atoms with Crippen LogP contribution < -0.4 is 0 Å². The van der Waals surface area contributed by atoms with E-state index in [1.807, 2.05) is 20.8 Å². The number of rotatable bonds is 12. The van der Waals surface area contributed by atoms with Crippen molar-refractivity contribution in [1.29, 1.82) is 0 Å². The van der Waals surface area contributed by atoms with Gasteiger partial charge in [0.1, 0.15) is 0 Å². The molecule has 7 heteroatoms. The molecule has 0 aromatic heterocycles. The SMILES string of the molecule is CCO[Si](CCC1CCC(C(Cl)OC(C)=O)CCC1C1CCCCCC1)(OCC)OCC. The number of alkyl halides is 1. The molecule has 0 aromatic carbocycles. The molecule has 0 heterocycles. The highest BCUT2D eigenvalue weighted by atomic mass is 35.5. The smallest absolute Gasteiger partial charge is 0.446 e. The van der Waals surface area contributed by atoms with E-state index in [9.17, 15) is 4.79 Å². The Morgan fingerprint density at radius 1 is 0.875 bits per heavy atom. The zero-order valence-corrected chi connectivity index (χ0v) is 22.7. The van der Waals surface area contributed by atoms with E-state index >= 15 is 0 Å². The number of carbonyl (C=O) groups excluding carboxylic acids is 1. The molecule has 0 amide bonds. The molecule has 4 atom stereocenters. The molecule has 4 unspecified atom stereocenters. The molecule has 0 aliphatic heterocycles. The van der Waals surface area contributed by atoms with Crippen LogP contribution in [0.25, 0.3) is 0 Å². The van der Waals surface area contributed by atoms with Crippen LogP contribution in [0.1, 0.15) is 98.3 Å². The maximum absolute atomic E-state index is 11.5. The molecule has 0 N–H and O–H groups in total. The highest BCUT2D eigenvalue weighted by molar-refractivity contribution is 6.60. The number of hydrogen-bond acceptors (Lipinski definition) is 5. The monoisotopic (exact) mass is 490 g/mol. The van der Waals surface area contributed by atoms with Crippen LogP contribution in [0.3, 0.4) is 0 Å². The molecule has 2 rings (SSSR count). The summed E-state index contributed by atoms with van der Waals surface area (Å²) < 4.78 is 23.8. The van der Waals surface area contributed by atoms with Gasteiger partial charge in [0.05, 0.1) is 0 Å². The van der Waals surface area contributed by atoms with Gasteiger partial charge in [-0.2, -0.15) is 0 Å². The lowest BCUT2D eigenvalue weighted by molar-refractivity contribution is -0.144. The fourth-order valence-electron chi connectivity index (χ4n) is 6.03. The van der Waals surface area contributed by atoms with Crippen molar-refractivity contribution >= 4 is 26.4 Å². The van der Waals surface area contributed by atoms with Crippen LogP contribution in [0, 0.1) is 23.7 Å². The zero-order valence-electron chi connectivity index (χ0n) is 20.9. The first-order valence-electron chi connectivity index (χ1n) is 13.2. The summed E-state index contributed by atoms with van der Waals surface area (Å²) in [6.45, 7) is 9.41. The first-order valence-corrected chi connectivity index (χ1v) is 15.5. The lowest BCUT2D eigenvalue weighted by Gasteiger charge is -2.35. The summed E-state index contributed by atoms with van der Waals surface area (Å²) >= 11 is 6.51. The Labute approximate surface area is 202 Å². The predicted molar refractivity (Wildman–Crippen MR) is 132 cm³/mol. The summed E-state index contributed by atoms with van der Waals surface area (Å²) in [5, 5.41) is 0. The molecule has 0 aromatic rings. The fraction of sp³-hybridized carbons (Fsp3) is 0.960. The fourth-order valence-corrected chi connectivity index (χ4v) is 9.13. The van der Waals surface area contributed by atoms with Gasteiger partial charge < -0.3 is 18.0 Å². The highest BCUT2D eigenvalue weighted by Gasteiger charge is 2.43. The molecular weight excluding hydrogens is 444 g/mol. The number of halogens is 1. The Kier molecular flexibility index (Phi) is 13.1. The first-order chi connectivity index (χ1) is 15.4. The highest BCUT2D eigenvalue weighted by Crippen LogP contribution is 2.45. The third-order valence-corrected chi connectivity index (χ3v) is 11.0. The van der Waals surface area contributed by atoms with Gasteiger partial charge in [-0.05, 0) is 70.6 Å². The van der Waals surface area contributed by atoms with Gasteiger partial charge in [0.2, 0.25) is 0 Å². The summed E-state index contributed by atoms with van der Waals surface area (Å²) in [6.07, 6.45) is 13.6. The van der Waals surface area contributed by atoms with E-state index in [0.29, 0.717) is 31.7 Å². The summed E-state index contributed by atoms with van der Waals surface area (Å²) in [7, 11) is -2.64. The topological polar surface area (TPSA) is 54.0 Å². The minimum absolute atomic E-state index is 0.242. The first kappa shape index (κ1) is 28.1. The zero-order chi connectivity index (χ0) is 23.4. The second kappa shape index (κ2) is 15.0. The third kappa shape index (κ3) is 8.90. The van der Waals surface area contributed by atoms with Crippen LogP contribution in [-0.2, 0) is 22.8 Å². The largest absolute Gasteiger partial charge is 0.500 e. The quantitative estimate of drug-likeness (QED) is 0.128. The van der Waals surface area contributed by atoms with E-state index in [1.165, 1.54) is 51.9 Å². The molecule has 0 radical (unpaired) electrons. The van der Waals surface area contributed by atoms with E-state index in [-0.39, 0.29) is 11.9 Å². The molecule has 2 saturated carbocycles. The number of hydrogen-bond donors (Lipinski definition) is 0. The minimum Gasteiger partial charge on any atom is -0.446 e. The Hall–Kier alpha value is -0.143. The average Bonchev–Trinajstić information content (AvgIpc) is 3.13. The molecule has 32 heavy (non-hydrogen) atoms. The van der Waals surface area contributed by atoms with E-state index in [4.69, 9.17) is 29.6 Å². The standard InChI is InChI=1S/C25H47ClO5Si/c1-5-28-32(29-6-2,30-7-3)19-18-22-14-15-23(25(26)31-20(4)27)16-17-24(22)21-12-10-8-9-11-13-21/h21-25H,5-19H2,1-4H3. The van der Waals surface area contributed by atoms with Crippen molar-refractivity contribution in [3.8, 4) is 0 Å². The van der Waals surface area contributed by atoms with Gasteiger partial charge in [-0.25, -0.2) is 0 Å². The van der Waals surface area contributed by atoms with E-state index < -0.39 is 14.4 Å². The van der Waals surface area contributed by atoms with Crippen molar-refractivity contribution in [3.63, 3.8) is 0 Å². The summed E-state index contributed by atoms with van der Waals surface area (Å²) in [5.41, 5.74) is -0.509. The van der Waals surface area contributed by atoms with Crippen LogP contribution in [0.4, 0.5) is 0 Å². The van der Waals surface area contributed by atoms with Gasteiger partial charge in [-0.1, -0.05) is 50.1 Å². The number of carbonyl (C=O) groups is 1. The molecule has 0 saturated heterocycles. The van der Waals surface area contributed by atoms with Gasteiger partial charge in [0.25, 0.3) is 0 Å². The van der Waals surface area contributed by atoms with E-state index in [2.05, 4.69) is 0 Å². The van der Waals surface area contributed by atoms with Crippen LogP contribution in [0.15, 0.2) is 0 Å². The Morgan fingerprint density at radius 3 is 1.97 bits per heavy atom. The molecule has 2 aliphatic rings. The normalized spacial score (nSPS) is 26.8. The van der Waals surface area contributed by atoms with Gasteiger partial charge in [-0.3, -0.25) is 4.79 Å². The van der Waals surface area contributed by atoms with E-state index in [1.54, 1.807) is 0 Å². The van der Waals surface area contributed by atoms with Crippen LogP contribution in [0.5, 0.6) is 0 Å². The second-order valence-corrected chi connectivity index (χ2v) is 12.7. The van der Waals surface area contributed by atoms with Gasteiger partial charge in [0, 0.05) is 38.7 Å². The molecule has 188 valence electrons.